The first-order chi connectivity index (χ1) is 9.39. The fraction of sp³-hybridized carbons (Fsp3) is 0.571. The van der Waals surface area contributed by atoms with E-state index in [4.69, 9.17) is 16.3 Å². The molecule has 0 aliphatic carbocycles. The predicted octanol–water partition coefficient (Wildman–Crippen LogP) is 1.74. The summed E-state index contributed by atoms with van der Waals surface area (Å²) in [5.74, 6) is -0.0795. The van der Waals surface area contributed by atoms with Crippen LogP contribution in [-0.4, -0.2) is 41.4 Å². The molecule has 1 aliphatic heterocycles. The summed E-state index contributed by atoms with van der Waals surface area (Å²) >= 11 is 5.93. The van der Waals surface area contributed by atoms with E-state index in [-0.39, 0.29) is 25.0 Å². The van der Waals surface area contributed by atoms with Crippen molar-refractivity contribution in [2.24, 2.45) is 0 Å². The van der Waals surface area contributed by atoms with Crippen LogP contribution in [0.3, 0.4) is 0 Å². The molecule has 1 atom stereocenters. The largest absolute Gasteiger partial charge is 0.386 e. The summed E-state index contributed by atoms with van der Waals surface area (Å²) in [5, 5.41) is 13.1. The first kappa shape index (κ1) is 15.2. The Kier molecular flexibility index (Phi) is 4.62. The van der Waals surface area contributed by atoms with E-state index >= 15 is 0 Å². The minimum absolute atomic E-state index is 0.169. The summed E-state index contributed by atoms with van der Waals surface area (Å²) < 4.78 is 5.14. The van der Waals surface area contributed by atoms with Crippen LogP contribution in [0, 0.1) is 0 Å². The summed E-state index contributed by atoms with van der Waals surface area (Å²) in [6, 6.07) is 3.25. The lowest BCUT2D eigenvalue weighted by atomic mass is 10.0. The van der Waals surface area contributed by atoms with Crippen LogP contribution < -0.4 is 5.32 Å². The van der Waals surface area contributed by atoms with Gasteiger partial charge in [-0.3, -0.25) is 4.79 Å². The van der Waals surface area contributed by atoms with Gasteiger partial charge in [-0.2, -0.15) is 0 Å². The number of nitrogens with one attached hydrogen (secondary N) is 1. The third-order valence-corrected chi connectivity index (χ3v) is 3.52. The van der Waals surface area contributed by atoms with Gasteiger partial charge in [-0.15, -0.1) is 0 Å². The van der Waals surface area contributed by atoms with Gasteiger partial charge >= 0.3 is 0 Å². The lowest BCUT2D eigenvalue weighted by molar-refractivity contribution is 0.0264. The maximum absolute atomic E-state index is 12.1. The first-order valence-corrected chi connectivity index (χ1v) is 7.03. The normalized spacial score (nSPS) is 22.2. The zero-order valence-corrected chi connectivity index (χ0v) is 12.4. The number of pyridine rings is 1. The molecule has 1 unspecified atom stereocenters. The highest BCUT2D eigenvalue weighted by atomic mass is 35.5. The quantitative estimate of drug-likeness (QED) is 0.831. The SMILES string of the molecule is CC(C)c1cc(C(=O)NCC2(O)CCOC2)cc(Cl)n1. The first-order valence-electron chi connectivity index (χ1n) is 6.65. The minimum atomic E-state index is -0.965. The summed E-state index contributed by atoms with van der Waals surface area (Å²) in [6.07, 6.45) is 0.529. The van der Waals surface area contributed by atoms with Gasteiger partial charge in [0, 0.05) is 30.8 Å². The molecule has 1 saturated heterocycles. The van der Waals surface area contributed by atoms with Crippen LogP contribution in [0.2, 0.25) is 5.15 Å². The number of carbonyl (C=O) groups excluding carboxylic acids is 1. The van der Waals surface area contributed by atoms with E-state index < -0.39 is 5.60 Å². The molecule has 1 aliphatic rings. The van der Waals surface area contributed by atoms with Crippen LogP contribution in [-0.2, 0) is 4.74 Å². The van der Waals surface area contributed by atoms with Gasteiger partial charge in [-0.05, 0) is 18.1 Å². The van der Waals surface area contributed by atoms with Gasteiger partial charge in [0.1, 0.15) is 10.8 Å². The molecule has 0 spiro atoms. The van der Waals surface area contributed by atoms with Gasteiger partial charge in [0.25, 0.3) is 5.91 Å². The number of amides is 1. The lowest BCUT2D eigenvalue weighted by Crippen LogP contribution is -2.43. The number of halogens is 1. The van der Waals surface area contributed by atoms with Gasteiger partial charge in [-0.25, -0.2) is 4.98 Å². The molecule has 2 heterocycles. The molecule has 1 amide bonds. The Bertz CT molecular complexity index is 499. The Morgan fingerprint density at radius 3 is 2.95 bits per heavy atom. The standard InChI is InChI=1S/C14H19ClN2O3/c1-9(2)11-5-10(6-12(15)17-11)13(18)16-7-14(19)3-4-20-8-14/h5-6,9,19H,3-4,7-8H2,1-2H3,(H,16,18). The minimum Gasteiger partial charge on any atom is -0.386 e. The van der Waals surface area contributed by atoms with Crippen molar-refractivity contribution >= 4 is 17.5 Å². The molecule has 1 fully saturated rings. The summed E-state index contributed by atoms with van der Waals surface area (Å²) in [7, 11) is 0. The van der Waals surface area contributed by atoms with Gasteiger partial charge in [0.05, 0.1) is 6.61 Å². The maximum atomic E-state index is 12.1. The molecular formula is C14H19ClN2O3. The van der Waals surface area contributed by atoms with Crippen molar-refractivity contribution in [3.8, 4) is 0 Å². The molecule has 0 radical (unpaired) electrons. The zero-order chi connectivity index (χ0) is 14.8. The second kappa shape index (κ2) is 6.08. The lowest BCUT2D eigenvalue weighted by Gasteiger charge is -2.20. The average molecular weight is 299 g/mol. The molecule has 5 nitrogen and oxygen atoms in total. The Morgan fingerprint density at radius 1 is 1.60 bits per heavy atom. The average Bonchev–Trinajstić information content (AvgIpc) is 2.82. The molecule has 1 aromatic heterocycles. The number of carbonyl (C=O) groups is 1. The number of aromatic nitrogens is 1. The molecule has 6 heteroatoms. The highest BCUT2D eigenvalue weighted by molar-refractivity contribution is 6.29. The van der Waals surface area contributed by atoms with Gasteiger partial charge < -0.3 is 15.2 Å². The summed E-state index contributed by atoms with van der Waals surface area (Å²) in [5.41, 5.74) is 0.259. The molecule has 0 aromatic carbocycles. The monoisotopic (exact) mass is 298 g/mol. The fourth-order valence-electron chi connectivity index (χ4n) is 2.03. The molecule has 110 valence electrons. The third-order valence-electron chi connectivity index (χ3n) is 3.33. The molecular weight excluding hydrogens is 280 g/mol. The van der Waals surface area contributed by atoms with E-state index in [0.29, 0.717) is 23.7 Å². The summed E-state index contributed by atoms with van der Waals surface area (Å²) in [6.45, 7) is 4.91. The van der Waals surface area contributed by atoms with Gasteiger partial charge in [-0.1, -0.05) is 25.4 Å². The number of hydrogen-bond donors (Lipinski definition) is 2. The number of nitrogens with zero attached hydrogens (tertiary/aromatic N) is 1. The predicted molar refractivity (Wildman–Crippen MR) is 76.1 cm³/mol. The second-order valence-electron chi connectivity index (χ2n) is 5.47. The van der Waals surface area contributed by atoms with Crippen molar-refractivity contribution < 1.29 is 14.6 Å². The molecule has 0 saturated carbocycles. The van der Waals surface area contributed by atoms with Crippen LogP contribution in [0.25, 0.3) is 0 Å². The number of ether oxygens (including phenoxy) is 1. The molecule has 1 aromatic rings. The van der Waals surface area contributed by atoms with Crippen molar-refractivity contribution in [1.29, 1.82) is 0 Å². The molecule has 2 N–H and O–H groups in total. The van der Waals surface area contributed by atoms with Crippen LogP contribution in [0.15, 0.2) is 12.1 Å². The van der Waals surface area contributed by atoms with Gasteiger partial charge in [0.15, 0.2) is 0 Å². The molecule has 0 bridgehead atoms. The third kappa shape index (κ3) is 3.69. The van der Waals surface area contributed by atoms with Crippen molar-refractivity contribution in [3.05, 3.63) is 28.5 Å². The van der Waals surface area contributed by atoms with Crippen molar-refractivity contribution in [2.75, 3.05) is 19.8 Å². The van der Waals surface area contributed by atoms with E-state index in [9.17, 15) is 9.90 Å². The highest BCUT2D eigenvalue weighted by Crippen LogP contribution is 2.19. The van der Waals surface area contributed by atoms with Crippen molar-refractivity contribution in [3.63, 3.8) is 0 Å². The number of hydrogen-bond acceptors (Lipinski definition) is 4. The smallest absolute Gasteiger partial charge is 0.251 e. The van der Waals surface area contributed by atoms with E-state index in [0.717, 1.165) is 5.69 Å². The second-order valence-corrected chi connectivity index (χ2v) is 5.85. The Labute approximate surface area is 123 Å². The zero-order valence-electron chi connectivity index (χ0n) is 11.6. The highest BCUT2D eigenvalue weighted by Gasteiger charge is 2.32. The molecule has 2 rings (SSSR count). The van der Waals surface area contributed by atoms with Crippen molar-refractivity contribution in [1.82, 2.24) is 10.3 Å². The van der Waals surface area contributed by atoms with Crippen LogP contribution in [0.5, 0.6) is 0 Å². The molecule has 20 heavy (non-hydrogen) atoms. The number of rotatable bonds is 4. The summed E-state index contributed by atoms with van der Waals surface area (Å²) in [4.78, 5) is 16.3. The van der Waals surface area contributed by atoms with Crippen LogP contribution in [0.1, 0.15) is 42.2 Å². The number of aliphatic hydroxyl groups is 1. The Morgan fingerprint density at radius 2 is 2.35 bits per heavy atom. The maximum Gasteiger partial charge on any atom is 0.251 e. The van der Waals surface area contributed by atoms with E-state index in [1.165, 1.54) is 6.07 Å². The fourth-order valence-corrected chi connectivity index (χ4v) is 2.24. The topological polar surface area (TPSA) is 71.5 Å². The Hall–Kier alpha value is -1.17. The van der Waals surface area contributed by atoms with Gasteiger partial charge in [0.2, 0.25) is 0 Å². The van der Waals surface area contributed by atoms with E-state index in [2.05, 4.69) is 10.3 Å². The van der Waals surface area contributed by atoms with Crippen LogP contribution >= 0.6 is 11.6 Å². The van der Waals surface area contributed by atoms with Crippen LogP contribution in [0.4, 0.5) is 0 Å². The van der Waals surface area contributed by atoms with E-state index in [1.807, 2.05) is 13.8 Å². The Balaban J connectivity index is 2.05. The van der Waals surface area contributed by atoms with Crippen molar-refractivity contribution in [2.45, 2.75) is 31.8 Å². The van der Waals surface area contributed by atoms with E-state index in [1.54, 1.807) is 6.07 Å².